The average Bonchev–Trinajstić information content (AvgIpc) is 2.19. The molecule has 0 aliphatic heterocycles. The van der Waals surface area contributed by atoms with Crippen LogP contribution in [0.25, 0.3) is 0 Å². The molecule has 1 aromatic heterocycles. The van der Waals surface area contributed by atoms with Gasteiger partial charge >= 0.3 is 0 Å². The van der Waals surface area contributed by atoms with Crippen molar-refractivity contribution >= 4 is 27.4 Å². The van der Waals surface area contributed by atoms with Crippen molar-refractivity contribution in [3.8, 4) is 0 Å². The van der Waals surface area contributed by atoms with Crippen molar-refractivity contribution in [3.05, 3.63) is 18.3 Å². The first-order valence-electron chi connectivity index (χ1n) is 4.77. The fourth-order valence-corrected chi connectivity index (χ4v) is 1.85. The second-order valence-electron chi connectivity index (χ2n) is 3.57. The highest BCUT2D eigenvalue weighted by molar-refractivity contribution is 7.88. The number of carbonyl (C=O) groups is 1. The quantitative estimate of drug-likeness (QED) is 0.676. The van der Waals surface area contributed by atoms with Crippen molar-refractivity contribution < 1.29 is 13.2 Å². The summed E-state index contributed by atoms with van der Waals surface area (Å²) in [6, 6.07) is 2.25. The van der Waals surface area contributed by atoms with E-state index < -0.39 is 22.0 Å². The fourth-order valence-electron chi connectivity index (χ4n) is 1.10. The summed E-state index contributed by atoms with van der Waals surface area (Å²) in [7, 11) is -3.41. The van der Waals surface area contributed by atoms with Crippen LogP contribution in [0, 0.1) is 0 Å². The molecule has 0 fully saturated rings. The highest BCUT2D eigenvalue weighted by atomic mass is 32.2. The number of pyridine rings is 1. The highest BCUT2D eigenvalue weighted by Crippen LogP contribution is 2.07. The van der Waals surface area contributed by atoms with Gasteiger partial charge in [0.05, 0.1) is 24.2 Å². The van der Waals surface area contributed by atoms with E-state index in [4.69, 9.17) is 5.73 Å². The Labute approximate surface area is 99.5 Å². The molecule has 17 heavy (non-hydrogen) atoms. The number of nitrogens with one attached hydrogen (secondary N) is 2. The Balaban J connectivity index is 2.63. The molecule has 1 atom stereocenters. The van der Waals surface area contributed by atoms with Crippen molar-refractivity contribution in [2.75, 3.05) is 17.3 Å². The summed E-state index contributed by atoms with van der Waals surface area (Å²) < 4.78 is 24.0. The number of aromatic nitrogens is 1. The number of nitrogens with zero attached hydrogens (tertiary/aromatic N) is 1. The van der Waals surface area contributed by atoms with Gasteiger partial charge in [0.25, 0.3) is 0 Å². The normalized spacial score (nSPS) is 13.1. The van der Waals surface area contributed by atoms with E-state index in [-0.39, 0.29) is 0 Å². The summed E-state index contributed by atoms with van der Waals surface area (Å²) in [6.45, 7) is 1.45. The zero-order valence-corrected chi connectivity index (χ0v) is 10.3. The summed E-state index contributed by atoms with van der Waals surface area (Å²) in [5, 5.41) is 2.51. The van der Waals surface area contributed by atoms with Crippen LogP contribution in [-0.2, 0) is 14.8 Å². The molecular weight excluding hydrogens is 244 g/mol. The van der Waals surface area contributed by atoms with E-state index in [0.29, 0.717) is 11.5 Å². The van der Waals surface area contributed by atoms with E-state index in [2.05, 4.69) is 15.0 Å². The van der Waals surface area contributed by atoms with Crippen LogP contribution in [0.3, 0.4) is 0 Å². The minimum absolute atomic E-state index is 0.338. The van der Waals surface area contributed by atoms with Crippen LogP contribution in [0.1, 0.15) is 6.92 Å². The Morgan fingerprint density at radius 3 is 2.59 bits per heavy atom. The van der Waals surface area contributed by atoms with Crippen molar-refractivity contribution in [1.82, 2.24) is 9.71 Å². The minimum Gasteiger partial charge on any atom is -0.384 e. The van der Waals surface area contributed by atoms with Gasteiger partial charge in [-0.25, -0.2) is 18.1 Å². The maximum absolute atomic E-state index is 11.6. The van der Waals surface area contributed by atoms with Gasteiger partial charge in [-0.2, -0.15) is 0 Å². The SMILES string of the molecule is CC(NS(C)(=O)=O)C(=O)Nc1ccc(N)nc1. The summed E-state index contributed by atoms with van der Waals surface area (Å²) in [6.07, 6.45) is 2.38. The van der Waals surface area contributed by atoms with Crippen LogP contribution in [0.5, 0.6) is 0 Å². The Morgan fingerprint density at radius 2 is 2.12 bits per heavy atom. The smallest absolute Gasteiger partial charge is 0.242 e. The third kappa shape index (κ3) is 4.79. The summed E-state index contributed by atoms with van der Waals surface area (Å²) in [4.78, 5) is 15.4. The average molecular weight is 258 g/mol. The molecule has 0 bridgehead atoms. The van der Waals surface area contributed by atoms with Gasteiger partial charge in [0.2, 0.25) is 15.9 Å². The molecule has 0 aliphatic rings. The van der Waals surface area contributed by atoms with E-state index in [1.807, 2.05) is 0 Å². The maximum Gasteiger partial charge on any atom is 0.242 e. The molecule has 7 nitrogen and oxygen atoms in total. The zero-order chi connectivity index (χ0) is 13.1. The molecule has 1 rings (SSSR count). The number of hydrogen-bond donors (Lipinski definition) is 3. The second-order valence-corrected chi connectivity index (χ2v) is 5.35. The lowest BCUT2D eigenvalue weighted by molar-refractivity contribution is -0.117. The van der Waals surface area contributed by atoms with Gasteiger partial charge in [-0.3, -0.25) is 4.79 Å². The highest BCUT2D eigenvalue weighted by Gasteiger charge is 2.16. The first-order chi connectivity index (χ1) is 7.78. The number of sulfonamides is 1. The van der Waals surface area contributed by atoms with E-state index in [1.165, 1.54) is 19.2 Å². The molecular formula is C9H14N4O3S. The number of rotatable bonds is 4. The molecule has 0 spiro atoms. The van der Waals surface area contributed by atoms with E-state index in [1.54, 1.807) is 6.07 Å². The first-order valence-corrected chi connectivity index (χ1v) is 6.67. The lowest BCUT2D eigenvalue weighted by atomic mass is 10.3. The minimum atomic E-state index is -3.41. The number of anilines is 2. The zero-order valence-electron chi connectivity index (χ0n) is 9.47. The fraction of sp³-hybridized carbons (Fsp3) is 0.333. The van der Waals surface area contributed by atoms with Crippen molar-refractivity contribution in [1.29, 1.82) is 0 Å². The molecule has 94 valence electrons. The molecule has 4 N–H and O–H groups in total. The number of nitrogen functional groups attached to an aromatic ring is 1. The largest absolute Gasteiger partial charge is 0.384 e. The molecule has 1 aromatic rings. The predicted molar refractivity (Wildman–Crippen MR) is 64.7 cm³/mol. The number of carbonyl (C=O) groups excluding carboxylic acids is 1. The van der Waals surface area contributed by atoms with E-state index in [0.717, 1.165) is 6.26 Å². The summed E-state index contributed by atoms with van der Waals surface area (Å²) in [5.74, 6) is -0.132. The molecule has 1 heterocycles. The maximum atomic E-state index is 11.6. The number of amides is 1. The van der Waals surface area contributed by atoms with E-state index in [9.17, 15) is 13.2 Å². The molecule has 0 saturated carbocycles. The van der Waals surface area contributed by atoms with Crippen molar-refractivity contribution in [2.24, 2.45) is 0 Å². The summed E-state index contributed by atoms with van der Waals surface area (Å²) in [5.41, 5.74) is 5.84. The Bertz CT molecular complexity index is 497. The first kappa shape index (κ1) is 13.4. The Hall–Kier alpha value is -1.67. The van der Waals surface area contributed by atoms with Crippen LogP contribution in [0.4, 0.5) is 11.5 Å². The van der Waals surface area contributed by atoms with Crippen molar-refractivity contribution in [3.63, 3.8) is 0 Å². The Morgan fingerprint density at radius 1 is 1.47 bits per heavy atom. The number of nitrogens with two attached hydrogens (primary N) is 1. The molecule has 0 aromatic carbocycles. The van der Waals surface area contributed by atoms with E-state index >= 15 is 0 Å². The van der Waals surface area contributed by atoms with Crippen molar-refractivity contribution in [2.45, 2.75) is 13.0 Å². The monoisotopic (exact) mass is 258 g/mol. The van der Waals surface area contributed by atoms with Gasteiger partial charge < -0.3 is 11.1 Å². The lowest BCUT2D eigenvalue weighted by Gasteiger charge is -2.12. The molecule has 1 amide bonds. The predicted octanol–water partition coefficient (Wildman–Crippen LogP) is -0.460. The lowest BCUT2D eigenvalue weighted by Crippen LogP contribution is -2.41. The van der Waals surface area contributed by atoms with Gasteiger partial charge in [-0.1, -0.05) is 0 Å². The molecule has 8 heteroatoms. The van der Waals surface area contributed by atoms with Crippen LogP contribution in [0.15, 0.2) is 18.3 Å². The molecule has 1 unspecified atom stereocenters. The summed E-state index contributed by atoms with van der Waals surface area (Å²) >= 11 is 0. The van der Waals surface area contributed by atoms with Gasteiger partial charge in [0.1, 0.15) is 5.82 Å². The van der Waals surface area contributed by atoms with Gasteiger partial charge in [0, 0.05) is 0 Å². The van der Waals surface area contributed by atoms with Crippen LogP contribution in [-0.4, -0.2) is 31.6 Å². The third-order valence-corrected chi connectivity index (χ3v) is 2.62. The molecule has 0 aliphatic carbocycles. The second kappa shape index (κ2) is 5.11. The van der Waals surface area contributed by atoms with Gasteiger partial charge in [0.15, 0.2) is 0 Å². The number of hydrogen-bond acceptors (Lipinski definition) is 5. The molecule has 0 radical (unpaired) electrons. The standard InChI is InChI=1S/C9H14N4O3S/c1-6(13-17(2,15)16)9(14)12-7-3-4-8(10)11-5-7/h3-6,13H,1-2H3,(H2,10,11)(H,12,14). The van der Waals surface area contributed by atoms with Gasteiger partial charge in [-0.15, -0.1) is 0 Å². The Kier molecular flexibility index (Phi) is 4.02. The van der Waals surface area contributed by atoms with Gasteiger partial charge in [-0.05, 0) is 19.1 Å². The topological polar surface area (TPSA) is 114 Å². The van der Waals surface area contributed by atoms with Crippen LogP contribution in [0.2, 0.25) is 0 Å². The van der Waals surface area contributed by atoms with Crippen LogP contribution >= 0.6 is 0 Å². The molecule has 0 saturated heterocycles. The van der Waals surface area contributed by atoms with Crippen LogP contribution < -0.4 is 15.8 Å². The third-order valence-electron chi connectivity index (χ3n) is 1.84.